The number of hydrogen-bond donors (Lipinski definition) is 3. The minimum atomic E-state index is -0.814. The molecule has 2 rings (SSSR count). The van der Waals surface area contributed by atoms with Crippen LogP contribution < -0.4 is 20.7 Å². The molecule has 0 bridgehead atoms. The van der Waals surface area contributed by atoms with Gasteiger partial charge in [0.2, 0.25) is 5.91 Å². The summed E-state index contributed by atoms with van der Waals surface area (Å²) in [6, 6.07) is 13.2. The van der Waals surface area contributed by atoms with Crippen molar-refractivity contribution in [3.8, 4) is 5.75 Å². The first-order valence-electron chi connectivity index (χ1n) is 7.12. The van der Waals surface area contributed by atoms with E-state index in [2.05, 4.69) is 16.0 Å². The lowest BCUT2D eigenvalue weighted by molar-refractivity contribution is -0.133. The molecule has 2 aromatic rings. The monoisotopic (exact) mass is 327 g/mol. The van der Waals surface area contributed by atoms with Gasteiger partial charge in [0.25, 0.3) is 0 Å². The second-order valence-electron chi connectivity index (χ2n) is 4.87. The Kier molecular flexibility index (Phi) is 5.51. The summed E-state index contributed by atoms with van der Waals surface area (Å²) in [6.07, 6.45) is 0. The smallest absolute Gasteiger partial charge is 0.314 e. The van der Waals surface area contributed by atoms with Gasteiger partial charge in [-0.25, -0.2) is 0 Å². The minimum Gasteiger partial charge on any atom is -0.495 e. The van der Waals surface area contributed by atoms with Crippen LogP contribution in [0, 0.1) is 0 Å². The molecule has 0 unspecified atom stereocenters. The summed E-state index contributed by atoms with van der Waals surface area (Å²) < 4.78 is 5.11. The van der Waals surface area contributed by atoms with Crippen molar-refractivity contribution in [1.29, 1.82) is 0 Å². The van der Waals surface area contributed by atoms with Crippen molar-refractivity contribution in [2.45, 2.75) is 6.92 Å². The van der Waals surface area contributed by atoms with Gasteiger partial charge in [-0.3, -0.25) is 14.4 Å². The zero-order valence-electron chi connectivity index (χ0n) is 13.3. The Balaban J connectivity index is 1.98. The number of anilines is 3. The first kappa shape index (κ1) is 17.0. The molecule has 0 saturated carbocycles. The molecule has 0 fully saturated rings. The molecular formula is C17H17N3O4. The average molecular weight is 327 g/mol. The van der Waals surface area contributed by atoms with Gasteiger partial charge in [0.05, 0.1) is 12.8 Å². The second-order valence-corrected chi connectivity index (χ2v) is 4.87. The third-order valence-corrected chi connectivity index (χ3v) is 3.02. The highest BCUT2D eigenvalue weighted by Crippen LogP contribution is 2.23. The number of hydrogen-bond acceptors (Lipinski definition) is 4. The number of rotatable bonds is 4. The van der Waals surface area contributed by atoms with Gasteiger partial charge in [0.15, 0.2) is 0 Å². The Morgan fingerprint density at radius 1 is 0.792 bits per heavy atom. The fourth-order valence-electron chi connectivity index (χ4n) is 1.96. The van der Waals surface area contributed by atoms with E-state index in [4.69, 9.17) is 4.74 Å². The molecule has 24 heavy (non-hydrogen) atoms. The largest absolute Gasteiger partial charge is 0.495 e. The Bertz CT molecular complexity index is 757. The van der Waals surface area contributed by atoms with E-state index in [-0.39, 0.29) is 5.91 Å². The van der Waals surface area contributed by atoms with E-state index in [0.29, 0.717) is 22.8 Å². The van der Waals surface area contributed by atoms with Crippen molar-refractivity contribution in [2.24, 2.45) is 0 Å². The van der Waals surface area contributed by atoms with Crippen molar-refractivity contribution in [3.05, 3.63) is 48.5 Å². The van der Waals surface area contributed by atoms with Gasteiger partial charge >= 0.3 is 11.8 Å². The molecule has 0 aliphatic rings. The van der Waals surface area contributed by atoms with Crippen molar-refractivity contribution >= 4 is 34.8 Å². The maximum atomic E-state index is 12.0. The summed E-state index contributed by atoms with van der Waals surface area (Å²) in [6.45, 7) is 1.40. The van der Waals surface area contributed by atoms with Crippen LogP contribution in [-0.2, 0) is 14.4 Å². The Morgan fingerprint density at radius 3 is 1.92 bits per heavy atom. The highest BCUT2D eigenvalue weighted by molar-refractivity contribution is 6.43. The standard InChI is InChI=1S/C17H17N3O4/c1-11(21)18-12-7-9-13(10-8-12)19-16(22)17(23)20-14-5-3-4-6-15(14)24-2/h3-10H,1-2H3,(H,18,21)(H,19,22)(H,20,23). The molecule has 0 aromatic heterocycles. The molecule has 0 spiro atoms. The number of carbonyl (C=O) groups is 3. The molecule has 7 nitrogen and oxygen atoms in total. The summed E-state index contributed by atoms with van der Waals surface area (Å²) in [5.74, 6) is -1.36. The molecule has 0 aliphatic heterocycles. The lowest BCUT2D eigenvalue weighted by Crippen LogP contribution is -2.29. The average Bonchev–Trinajstić information content (AvgIpc) is 2.56. The molecule has 0 radical (unpaired) electrons. The molecule has 0 aliphatic carbocycles. The lowest BCUT2D eigenvalue weighted by atomic mass is 10.2. The molecule has 3 amide bonds. The Labute approximate surface area is 139 Å². The molecule has 7 heteroatoms. The van der Waals surface area contributed by atoms with E-state index in [1.54, 1.807) is 48.5 Å². The van der Waals surface area contributed by atoms with Crippen molar-refractivity contribution in [3.63, 3.8) is 0 Å². The minimum absolute atomic E-state index is 0.192. The number of methoxy groups -OCH3 is 1. The zero-order chi connectivity index (χ0) is 17.5. The summed E-state index contributed by atoms with van der Waals surface area (Å²) in [4.78, 5) is 34.9. The van der Waals surface area contributed by atoms with Crippen LogP contribution in [0.3, 0.4) is 0 Å². The van der Waals surface area contributed by atoms with Gasteiger partial charge in [-0.15, -0.1) is 0 Å². The maximum absolute atomic E-state index is 12.0. The number of nitrogens with one attached hydrogen (secondary N) is 3. The van der Waals surface area contributed by atoms with Crippen LogP contribution in [-0.4, -0.2) is 24.8 Å². The molecule has 0 atom stereocenters. The van der Waals surface area contributed by atoms with Crippen molar-refractivity contribution in [1.82, 2.24) is 0 Å². The van der Waals surface area contributed by atoms with E-state index < -0.39 is 11.8 Å². The van der Waals surface area contributed by atoms with Crippen LogP contribution in [0.2, 0.25) is 0 Å². The molecule has 3 N–H and O–H groups in total. The van der Waals surface area contributed by atoms with Gasteiger partial charge in [0.1, 0.15) is 5.75 Å². The Morgan fingerprint density at radius 2 is 1.33 bits per heavy atom. The number of ether oxygens (including phenoxy) is 1. The van der Waals surface area contributed by atoms with Crippen LogP contribution in [0.25, 0.3) is 0 Å². The normalized spacial score (nSPS) is 9.75. The van der Waals surface area contributed by atoms with Gasteiger partial charge in [-0.05, 0) is 36.4 Å². The van der Waals surface area contributed by atoms with E-state index in [1.165, 1.54) is 14.0 Å². The summed E-state index contributed by atoms with van der Waals surface area (Å²) in [5.41, 5.74) is 1.43. The molecule has 0 heterocycles. The van der Waals surface area contributed by atoms with Crippen LogP contribution in [0.4, 0.5) is 17.1 Å². The maximum Gasteiger partial charge on any atom is 0.314 e. The number of carbonyl (C=O) groups excluding carboxylic acids is 3. The van der Waals surface area contributed by atoms with E-state index >= 15 is 0 Å². The van der Waals surface area contributed by atoms with Crippen LogP contribution in [0.15, 0.2) is 48.5 Å². The van der Waals surface area contributed by atoms with Crippen LogP contribution >= 0.6 is 0 Å². The van der Waals surface area contributed by atoms with Crippen molar-refractivity contribution < 1.29 is 19.1 Å². The third-order valence-electron chi connectivity index (χ3n) is 3.02. The first-order valence-corrected chi connectivity index (χ1v) is 7.12. The van der Waals surface area contributed by atoms with Crippen LogP contribution in [0.1, 0.15) is 6.92 Å². The summed E-state index contributed by atoms with van der Waals surface area (Å²) in [7, 11) is 1.47. The SMILES string of the molecule is COc1ccccc1NC(=O)C(=O)Nc1ccc(NC(C)=O)cc1. The molecule has 2 aromatic carbocycles. The second kappa shape index (κ2) is 7.77. The fourth-order valence-corrected chi connectivity index (χ4v) is 1.96. The summed E-state index contributed by atoms with van der Waals surface area (Å²) >= 11 is 0. The van der Waals surface area contributed by atoms with E-state index in [0.717, 1.165) is 0 Å². The lowest BCUT2D eigenvalue weighted by Gasteiger charge is -2.10. The molecular weight excluding hydrogens is 310 g/mol. The highest BCUT2D eigenvalue weighted by atomic mass is 16.5. The Hall–Kier alpha value is -3.35. The van der Waals surface area contributed by atoms with E-state index in [9.17, 15) is 14.4 Å². The molecule has 0 saturated heterocycles. The van der Waals surface area contributed by atoms with E-state index in [1.807, 2.05) is 0 Å². The van der Waals surface area contributed by atoms with Gasteiger partial charge < -0.3 is 20.7 Å². The van der Waals surface area contributed by atoms with Gasteiger partial charge in [-0.2, -0.15) is 0 Å². The van der Waals surface area contributed by atoms with Gasteiger partial charge in [0, 0.05) is 18.3 Å². The number of para-hydroxylation sites is 2. The summed E-state index contributed by atoms with van der Waals surface area (Å²) in [5, 5.41) is 7.57. The fraction of sp³-hybridized carbons (Fsp3) is 0.118. The number of amides is 3. The third kappa shape index (κ3) is 4.57. The van der Waals surface area contributed by atoms with Crippen LogP contribution in [0.5, 0.6) is 5.75 Å². The predicted molar refractivity (Wildman–Crippen MR) is 91.0 cm³/mol. The topological polar surface area (TPSA) is 96.5 Å². The quantitative estimate of drug-likeness (QED) is 0.750. The highest BCUT2D eigenvalue weighted by Gasteiger charge is 2.15. The van der Waals surface area contributed by atoms with Crippen molar-refractivity contribution in [2.75, 3.05) is 23.1 Å². The first-order chi connectivity index (χ1) is 11.5. The zero-order valence-corrected chi connectivity index (χ0v) is 13.3. The van der Waals surface area contributed by atoms with Gasteiger partial charge in [-0.1, -0.05) is 12.1 Å². The number of benzene rings is 2. The molecule has 124 valence electrons. The predicted octanol–water partition coefficient (Wildman–Crippen LogP) is 2.23.